The van der Waals surface area contributed by atoms with Gasteiger partial charge in [-0.2, -0.15) is 0 Å². The van der Waals surface area contributed by atoms with Gasteiger partial charge in [0.05, 0.1) is 12.1 Å². The third kappa shape index (κ3) is 3.14. The van der Waals surface area contributed by atoms with Crippen LogP contribution in [-0.4, -0.2) is 17.3 Å². The molecule has 0 amide bonds. The molecular weight excluding hydrogens is 253 g/mol. The SMILES string of the molecule is CC(C)(C)C1CCCCC1(CO)Nc1cccc(F)c1. The maximum absolute atomic E-state index is 13.4. The molecule has 1 aromatic carbocycles. The molecule has 0 radical (unpaired) electrons. The van der Waals surface area contributed by atoms with E-state index in [4.69, 9.17) is 0 Å². The Labute approximate surface area is 121 Å². The molecule has 0 saturated heterocycles. The van der Waals surface area contributed by atoms with Crippen LogP contribution in [0.4, 0.5) is 10.1 Å². The predicted octanol–water partition coefficient (Wildman–Crippen LogP) is 4.21. The van der Waals surface area contributed by atoms with E-state index in [0.29, 0.717) is 5.92 Å². The van der Waals surface area contributed by atoms with Crippen molar-refractivity contribution in [1.29, 1.82) is 0 Å². The predicted molar refractivity (Wildman–Crippen MR) is 81.3 cm³/mol. The monoisotopic (exact) mass is 279 g/mol. The Morgan fingerprint density at radius 3 is 2.70 bits per heavy atom. The van der Waals surface area contributed by atoms with Gasteiger partial charge in [-0.3, -0.25) is 0 Å². The lowest BCUT2D eigenvalue weighted by molar-refractivity contribution is 0.0484. The van der Waals surface area contributed by atoms with Crippen LogP contribution in [0.1, 0.15) is 46.5 Å². The quantitative estimate of drug-likeness (QED) is 0.869. The highest BCUT2D eigenvalue weighted by Gasteiger charge is 2.45. The summed E-state index contributed by atoms with van der Waals surface area (Å²) in [7, 11) is 0. The molecule has 1 aliphatic rings. The van der Waals surface area contributed by atoms with Gasteiger partial charge >= 0.3 is 0 Å². The number of aliphatic hydroxyl groups is 1. The van der Waals surface area contributed by atoms with E-state index in [0.717, 1.165) is 24.9 Å². The molecule has 2 unspecified atom stereocenters. The second kappa shape index (κ2) is 5.72. The number of rotatable bonds is 3. The number of hydrogen-bond donors (Lipinski definition) is 2. The van der Waals surface area contributed by atoms with Crippen molar-refractivity contribution in [2.24, 2.45) is 11.3 Å². The fraction of sp³-hybridized carbons (Fsp3) is 0.647. The van der Waals surface area contributed by atoms with Crippen LogP contribution in [0.2, 0.25) is 0 Å². The van der Waals surface area contributed by atoms with Crippen molar-refractivity contribution in [2.75, 3.05) is 11.9 Å². The molecule has 0 bridgehead atoms. The molecule has 112 valence electrons. The maximum Gasteiger partial charge on any atom is 0.125 e. The smallest absolute Gasteiger partial charge is 0.125 e. The normalized spacial score (nSPS) is 27.4. The first kappa shape index (κ1) is 15.3. The summed E-state index contributed by atoms with van der Waals surface area (Å²) in [6, 6.07) is 6.52. The Bertz CT molecular complexity index is 455. The lowest BCUT2D eigenvalue weighted by Gasteiger charge is -2.50. The van der Waals surface area contributed by atoms with Gasteiger partial charge in [0.1, 0.15) is 5.82 Å². The van der Waals surface area contributed by atoms with E-state index in [-0.39, 0.29) is 23.4 Å². The summed E-state index contributed by atoms with van der Waals surface area (Å²) in [4.78, 5) is 0. The third-order valence-corrected chi connectivity index (χ3v) is 4.58. The van der Waals surface area contributed by atoms with Gasteiger partial charge in [-0.1, -0.05) is 39.7 Å². The van der Waals surface area contributed by atoms with Crippen molar-refractivity contribution in [3.8, 4) is 0 Å². The van der Waals surface area contributed by atoms with Gasteiger partial charge in [-0.25, -0.2) is 4.39 Å². The molecule has 0 aliphatic heterocycles. The molecule has 1 saturated carbocycles. The molecule has 0 heterocycles. The van der Waals surface area contributed by atoms with Gasteiger partial charge in [0.15, 0.2) is 0 Å². The molecule has 0 spiro atoms. The lowest BCUT2D eigenvalue weighted by Crippen LogP contribution is -2.55. The van der Waals surface area contributed by atoms with Crippen molar-refractivity contribution < 1.29 is 9.50 Å². The summed E-state index contributed by atoms with van der Waals surface area (Å²) in [5, 5.41) is 13.5. The summed E-state index contributed by atoms with van der Waals surface area (Å²) in [6.45, 7) is 6.76. The second-order valence-electron chi connectivity index (χ2n) is 7.11. The average molecular weight is 279 g/mol. The van der Waals surface area contributed by atoms with Gasteiger partial charge in [-0.15, -0.1) is 0 Å². The van der Waals surface area contributed by atoms with Gasteiger partial charge in [0.2, 0.25) is 0 Å². The summed E-state index contributed by atoms with van der Waals surface area (Å²) in [6.07, 6.45) is 4.35. The topological polar surface area (TPSA) is 32.3 Å². The van der Waals surface area contributed by atoms with Crippen molar-refractivity contribution >= 4 is 5.69 Å². The van der Waals surface area contributed by atoms with Gasteiger partial charge < -0.3 is 10.4 Å². The number of anilines is 1. The average Bonchev–Trinajstić information content (AvgIpc) is 2.38. The zero-order valence-electron chi connectivity index (χ0n) is 12.7. The summed E-state index contributed by atoms with van der Waals surface area (Å²) >= 11 is 0. The molecule has 2 nitrogen and oxygen atoms in total. The number of benzene rings is 1. The van der Waals surface area contributed by atoms with Crippen molar-refractivity contribution in [2.45, 2.75) is 52.0 Å². The fourth-order valence-electron chi connectivity index (χ4n) is 3.73. The van der Waals surface area contributed by atoms with Crippen LogP contribution in [0.3, 0.4) is 0 Å². The molecule has 2 N–H and O–H groups in total. The molecule has 1 aromatic rings. The van der Waals surface area contributed by atoms with Crippen LogP contribution < -0.4 is 5.32 Å². The van der Waals surface area contributed by atoms with E-state index >= 15 is 0 Å². The van der Waals surface area contributed by atoms with E-state index in [1.165, 1.54) is 18.6 Å². The Balaban J connectivity index is 2.30. The first-order chi connectivity index (χ1) is 9.37. The van der Waals surface area contributed by atoms with Crippen molar-refractivity contribution in [3.63, 3.8) is 0 Å². The zero-order valence-corrected chi connectivity index (χ0v) is 12.7. The molecule has 2 atom stereocenters. The number of nitrogens with one attached hydrogen (secondary N) is 1. The highest BCUT2D eigenvalue weighted by molar-refractivity contribution is 5.46. The fourth-order valence-corrected chi connectivity index (χ4v) is 3.73. The van der Waals surface area contributed by atoms with Crippen LogP contribution in [0.15, 0.2) is 24.3 Å². The Morgan fingerprint density at radius 1 is 1.35 bits per heavy atom. The Morgan fingerprint density at radius 2 is 2.10 bits per heavy atom. The van der Waals surface area contributed by atoms with Gasteiger partial charge in [0.25, 0.3) is 0 Å². The minimum atomic E-state index is -0.343. The zero-order chi connectivity index (χ0) is 14.8. The number of aliphatic hydroxyl groups excluding tert-OH is 1. The standard InChI is InChI=1S/C17H26FNO/c1-16(2,3)15-9-4-5-10-17(15,12-20)19-14-8-6-7-13(18)11-14/h6-8,11,15,19-20H,4-5,9-10,12H2,1-3H3. The first-order valence-electron chi connectivity index (χ1n) is 7.52. The van der Waals surface area contributed by atoms with Crippen LogP contribution in [0.25, 0.3) is 0 Å². The third-order valence-electron chi connectivity index (χ3n) is 4.58. The highest BCUT2D eigenvalue weighted by atomic mass is 19.1. The van der Waals surface area contributed by atoms with Gasteiger partial charge in [0, 0.05) is 5.69 Å². The summed E-state index contributed by atoms with van der Waals surface area (Å²) in [5.74, 6) is 0.128. The van der Waals surface area contributed by atoms with Crippen LogP contribution in [0.5, 0.6) is 0 Å². The summed E-state index contributed by atoms with van der Waals surface area (Å²) < 4.78 is 13.4. The molecule has 3 heteroatoms. The molecule has 2 rings (SSSR count). The van der Waals surface area contributed by atoms with Crippen LogP contribution in [-0.2, 0) is 0 Å². The highest BCUT2D eigenvalue weighted by Crippen LogP contribution is 2.45. The number of hydrogen-bond acceptors (Lipinski definition) is 2. The minimum Gasteiger partial charge on any atom is -0.394 e. The van der Waals surface area contributed by atoms with E-state index < -0.39 is 0 Å². The largest absolute Gasteiger partial charge is 0.394 e. The molecular formula is C17H26FNO. The molecule has 20 heavy (non-hydrogen) atoms. The van der Waals surface area contributed by atoms with Gasteiger partial charge in [-0.05, 0) is 42.4 Å². The molecule has 0 aromatic heterocycles. The van der Waals surface area contributed by atoms with Crippen LogP contribution >= 0.6 is 0 Å². The lowest BCUT2D eigenvalue weighted by atomic mass is 9.62. The van der Waals surface area contributed by atoms with E-state index in [1.807, 2.05) is 6.07 Å². The Kier molecular flexibility index (Phi) is 4.38. The van der Waals surface area contributed by atoms with Crippen LogP contribution in [0, 0.1) is 17.2 Å². The van der Waals surface area contributed by atoms with Crippen molar-refractivity contribution in [1.82, 2.24) is 0 Å². The van der Waals surface area contributed by atoms with E-state index in [2.05, 4.69) is 26.1 Å². The summed E-state index contributed by atoms with van der Waals surface area (Å²) in [5.41, 5.74) is 0.531. The first-order valence-corrected chi connectivity index (χ1v) is 7.52. The molecule has 1 aliphatic carbocycles. The second-order valence-corrected chi connectivity index (χ2v) is 7.11. The maximum atomic E-state index is 13.4. The van der Waals surface area contributed by atoms with Crippen molar-refractivity contribution in [3.05, 3.63) is 30.1 Å². The van der Waals surface area contributed by atoms with E-state index in [1.54, 1.807) is 6.07 Å². The molecule has 1 fully saturated rings. The number of halogens is 1. The Hall–Kier alpha value is -1.09. The minimum absolute atomic E-state index is 0.0887. The van der Waals surface area contributed by atoms with E-state index in [9.17, 15) is 9.50 Å².